The maximum absolute atomic E-state index is 12.3. The Bertz CT molecular complexity index is 865. The highest BCUT2D eigenvalue weighted by molar-refractivity contribution is 5.96. The fraction of sp³-hybridized carbons (Fsp3) is 0.318. The fourth-order valence-corrected chi connectivity index (χ4v) is 3.22. The van der Waals surface area contributed by atoms with Crippen molar-refractivity contribution in [2.45, 2.75) is 38.1 Å². The number of rotatable bonds is 6. The number of hydrogen-bond donors (Lipinski definition) is 2. The molecule has 0 aromatic heterocycles. The summed E-state index contributed by atoms with van der Waals surface area (Å²) in [6.07, 6.45) is 5.53. The minimum absolute atomic E-state index is 0.0456. The zero-order valence-corrected chi connectivity index (χ0v) is 15.6. The molecule has 0 heterocycles. The first-order valence-corrected chi connectivity index (χ1v) is 9.50. The first-order valence-electron chi connectivity index (χ1n) is 9.50. The topological polar surface area (TPSA) is 91.2 Å². The van der Waals surface area contributed by atoms with Crippen molar-refractivity contribution >= 4 is 11.8 Å². The van der Waals surface area contributed by atoms with Crippen LogP contribution in [0.15, 0.2) is 48.5 Å². The van der Waals surface area contributed by atoms with E-state index in [1.165, 1.54) is 6.42 Å². The van der Waals surface area contributed by atoms with Gasteiger partial charge in [-0.2, -0.15) is 5.26 Å². The molecule has 0 aliphatic heterocycles. The van der Waals surface area contributed by atoms with Gasteiger partial charge in [0.25, 0.3) is 5.91 Å². The summed E-state index contributed by atoms with van der Waals surface area (Å²) in [6, 6.07) is 15.7. The Morgan fingerprint density at radius 2 is 1.79 bits per heavy atom. The molecule has 1 fully saturated rings. The van der Waals surface area contributed by atoms with Crippen LogP contribution in [0.3, 0.4) is 0 Å². The first-order chi connectivity index (χ1) is 13.6. The van der Waals surface area contributed by atoms with Crippen LogP contribution in [0.4, 0.5) is 0 Å². The van der Waals surface area contributed by atoms with Crippen LogP contribution in [0.1, 0.15) is 48.0 Å². The van der Waals surface area contributed by atoms with Gasteiger partial charge in [0.1, 0.15) is 11.5 Å². The molecule has 6 heteroatoms. The van der Waals surface area contributed by atoms with Gasteiger partial charge in [-0.25, -0.2) is 0 Å². The summed E-state index contributed by atoms with van der Waals surface area (Å²) in [4.78, 5) is 24.4. The summed E-state index contributed by atoms with van der Waals surface area (Å²) in [5.74, 6) is 0.585. The Kier molecular flexibility index (Phi) is 6.64. The van der Waals surface area contributed by atoms with Gasteiger partial charge < -0.3 is 15.4 Å². The second-order valence-corrected chi connectivity index (χ2v) is 6.85. The summed E-state index contributed by atoms with van der Waals surface area (Å²) in [5, 5.41) is 14.5. The lowest BCUT2D eigenvalue weighted by Crippen LogP contribution is -2.42. The van der Waals surface area contributed by atoms with Crippen molar-refractivity contribution in [3.05, 3.63) is 59.7 Å². The third kappa shape index (κ3) is 5.58. The summed E-state index contributed by atoms with van der Waals surface area (Å²) in [6.45, 7) is -0.0456. The summed E-state index contributed by atoms with van der Waals surface area (Å²) < 4.78 is 5.73. The Morgan fingerprint density at radius 1 is 1.04 bits per heavy atom. The zero-order valence-electron chi connectivity index (χ0n) is 15.6. The van der Waals surface area contributed by atoms with Gasteiger partial charge in [0.05, 0.1) is 18.2 Å². The van der Waals surface area contributed by atoms with E-state index in [4.69, 9.17) is 10.00 Å². The predicted octanol–water partition coefficient (Wildman–Crippen LogP) is 3.53. The molecule has 0 bridgehead atoms. The van der Waals surface area contributed by atoms with Crippen LogP contribution < -0.4 is 15.4 Å². The molecule has 0 radical (unpaired) electrons. The number of carbonyl (C=O) groups is 2. The van der Waals surface area contributed by atoms with Crippen molar-refractivity contribution in [1.82, 2.24) is 10.6 Å². The van der Waals surface area contributed by atoms with Crippen molar-refractivity contribution in [2.75, 3.05) is 6.54 Å². The Morgan fingerprint density at radius 3 is 2.50 bits per heavy atom. The third-order valence-electron chi connectivity index (χ3n) is 4.70. The van der Waals surface area contributed by atoms with E-state index in [9.17, 15) is 9.59 Å². The molecular weight excluding hydrogens is 354 g/mol. The van der Waals surface area contributed by atoms with E-state index in [1.807, 2.05) is 6.07 Å². The Labute approximate surface area is 164 Å². The number of nitrogens with one attached hydrogen (secondary N) is 2. The van der Waals surface area contributed by atoms with Gasteiger partial charge in [-0.05, 0) is 55.3 Å². The highest BCUT2D eigenvalue weighted by Crippen LogP contribution is 2.22. The van der Waals surface area contributed by atoms with Crippen LogP contribution in [0, 0.1) is 11.3 Å². The molecule has 1 saturated carbocycles. The Balaban J connectivity index is 1.52. The van der Waals surface area contributed by atoms with Crippen molar-refractivity contribution in [3.63, 3.8) is 0 Å². The van der Waals surface area contributed by atoms with Gasteiger partial charge in [0, 0.05) is 11.6 Å². The molecule has 6 nitrogen and oxygen atoms in total. The van der Waals surface area contributed by atoms with Crippen LogP contribution in [0.2, 0.25) is 0 Å². The van der Waals surface area contributed by atoms with Crippen LogP contribution in [-0.4, -0.2) is 24.4 Å². The van der Waals surface area contributed by atoms with E-state index in [0.717, 1.165) is 25.7 Å². The minimum Gasteiger partial charge on any atom is -0.457 e. The zero-order chi connectivity index (χ0) is 19.8. The number of ether oxygens (including phenoxy) is 1. The number of carbonyl (C=O) groups excluding carboxylic acids is 2. The molecule has 2 aromatic rings. The smallest absolute Gasteiger partial charge is 0.251 e. The maximum Gasteiger partial charge on any atom is 0.251 e. The van der Waals surface area contributed by atoms with Gasteiger partial charge in [-0.15, -0.1) is 0 Å². The highest BCUT2D eigenvalue weighted by Gasteiger charge is 2.16. The van der Waals surface area contributed by atoms with E-state index in [-0.39, 0.29) is 24.4 Å². The molecule has 0 spiro atoms. The highest BCUT2D eigenvalue weighted by atomic mass is 16.5. The van der Waals surface area contributed by atoms with Crippen molar-refractivity contribution < 1.29 is 14.3 Å². The quantitative estimate of drug-likeness (QED) is 0.806. The van der Waals surface area contributed by atoms with E-state index >= 15 is 0 Å². The van der Waals surface area contributed by atoms with E-state index in [2.05, 4.69) is 10.6 Å². The molecule has 2 N–H and O–H groups in total. The number of amides is 2. The molecule has 2 aromatic carbocycles. The second kappa shape index (κ2) is 9.56. The van der Waals surface area contributed by atoms with Gasteiger partial charge in [-0.1, -0.05) is 25.3 Å². The molecule has 0 unspecified atom stereocenters. The van der Waals surface area contributed by atoms with Gasteiger partial charge in [0.2, 0.25) is 5.91 Å². The van der Waals surface area contributed by atoms with Crippen molar-refractivity contribution in [2.24, 2.45) is 0 Å². The monoisotopic (exact) mass is 377 g/mol. The van der Waals surface area contributed by atoms with Gasteiger partial charge in [-0.3, -0.25) is 9.59 Å². The Hall–Kier alpha value is -3.33. The molecule has 0 atom stereocenters. The van der Waals surface area contributed by atoms with Crippen LogP contribution >= 0.6 is 0 Å². The standard InChI is InChI=1S/C22H23N3O3/c23-14-16-9-11-19(12-10-16)28-20-8-4-5-17(13-20)22(27)24-15-21(26)25-18-6-2-1-3-7-18/h4-5,8-13,18H,1-3,6-7,15H2,(H,24,27)(H,25,26). The fourth-order valence-electron chi connectivity index (χ4n) is 3.22. The molecule has 2 amide bonds. The van der Waals surface area contributed by atoms with E-state index < -0.39 is 0 Å². The minimum atomic E-state index is -0.330. The third-order valence-corrected chi connectivity index (χ3v) is 4.70. The molecule has 1 aliphatic carbocycles. The van der Waals surface area contributed by atoms with E-state index in [0.29, 0.717) is 22.6 Å². The average molecular weight is 377 g/mol. The SMILES string of the molecule is N#Cc1ccc(Oc2cccc(C(=O)NCC(=O)NC3CCCCC3)c2)cc1. The van der Waals surface area contributed by atoms with Gasteiger partial charge in [0.15, 0.2) is 0 Å². The first kappa shape index (κ1) is 19.4. The average Bonchev–Trinajstić information content (AvgIpc) is 2.73. The lowest BCUT2D eigenvalue weighted by molar-refractivity contribution is -0.121. The number of hydrogen-bond acceptors (Lipinski definition) is 4. The molecule has 3 rings (SSSR count). The maximum atomic E-state index is 12.3. The second-order valence-electron chi connectivity index (χ2n) is 6.85. The van der Waals surface area contributed by atoms with Crippen LogP contribution in [0.25, 0.3) is 0 Å². The van der Waals surface area contributed by atoms with Crippen LogP contribution in [-0.2, 0) is 4.79 Å². The van der Waals surface area contributed by atoms with E-state index in [1.54, 1.807) is 48.5 Å². The van der Waals surface area contributed by atoms with Crippen molar-refractivity contribution in [1.29, 1.82) is 5.26 Å². The normalized spacial score (nSPS) is 14.0. The summed E-state index contributed by atoms with van der Waals surface area (Å²) >= 11 is 0. The molecule has 28 heavy (non-hydrogen) atoms. The predicted molar refractivity (Wildman–Crippen MR) is 105 cm³/mol. The van der Waals surface area contributed by atoms with Crippen LogP contribution in [0.5, 0.6) is 11.5 Å². The number of nitrogens with zero attached hydrogens (tertiary/aromatic N) is 1. The summed E-state index contributed by atoms with van der Waals surface area (Å²) in [5.41, 5.74) is 0.962. The van der Waals surface area contributed by atoms with Crippen molar-refractivity contribution in [3.8, 4) is 17.6 Å². The van der Waals surface area contributed by atoms with Gasteiger partial charge >= 0.3 is 0 Å². The lowest BCUT2D eigenvalue weighted by Gasteiger charge is -2.22. The lowest BCUT2D eigenvalue weighted by atomic mass is 9.95. The molecule has 0 saturated heterocycles. The number of nitriles is 1. The summed E-state index contributed by atoms with van der Waals surface area (Å²) in [7, 11) is 0. The molecular formula is C22H23N3O3. The molecule has 144 valence electrons. The number of benzene rings is 2. The molecule has 1 aliphatic rings. The largest absolute Gasteiger partial charge is 0.457 e.